The second-order valence-corrected chi connectivity index (χ2v) is 7.30. The maximum absolute atomic E-state index is 12.4. The van der Waals surface area contributed by atoms with Gasteiger partial charge < -0.3 is 5.32 Å². The van der Waals surface area contributed by atoms with Crippen LogP contribution in [0.2, 0.25) is 0 Å². The Bertz CT molecular complexity index is 534. The molecule has 0 aliphatic heterocycles. The Hall–Kier alpha value is -1.11. The van der Waals surface area contributed by atoms with Gasteiger partial charge in [0.1, 0.15) is 4.90 Å². The van der Waals surface area contributed by atoms with Crippen LogP contribution < -0.4 is 10.0 Å². The average Bonchev–Trinajstić information content (AvgIpc) is 2.42. The number of hydrogen-bond acceptors (Lipinski definition) is 4. The molecule has 0 saturated carbocycles. The van der Waals surface area contributed by atoms with E-state index in [4.69, 9.17) is 0 Å². The van der Waals surface area contributed by atoms with Crippen LogP contribution in [-0.4, -0.2) is 45.5 Å². The summed E-state index contributed by atoms with van der Waals surface area (Å²) in [6.45, 7) is 9.55. The molecule has 0 spiro atoms. The van der Waals surface area contributed by atoms with E-state index >= 15 is 0 Å². The number of nitrogens with zero attached hydrogens (tertiary/aromatic N) is 1. The van der Waals surface area contributed by atoms with E-state index in [-0.39, 0.29) is 4.90 Å². The number of benzene rings is 1. The fraction of sp³-hybridized carbons (Fsp3) is 0.600. The zero-order valence-electron chi connectivity index (χ0n) is 13.6. The van der Waals surface area contributed by atoms with E-state index in [1.807, 2.05) is 6.07 Å². The summed E-state index contributed by atoms with van der Waals surface area (Å²) in [5.74, 6) is 0. The molecule has 0 unspecified atom stereocenters. The second kappa shape index (κ2) is 7.77. The van der Waals surface area contributed by atoms with Gasteiger partial charge in [-0.25, -0.2) is 13.1 Å². The van der Waals surface area contributed by atoms with Crippen LogP contribution in [0.4, 0.5) is 5.69 Å². The van der Waals surface area contributed by atoms with Crippen molar-refractivity contribution >= 4 is 15.7 Å². The smallest absolute Gasteiger partial charge is 0.242 e. The van der Waals surface area contributed by atoms with Crippen molar-refractivity contribution in [3.8, 4) is 0 Å². The highest BCUT2D eigenvalue weighted by molar-refractivity contribution is 7.89. The van der Waals surface area contributed by atoms with E-state index in [2.05, 4.69) is 42.6 Å². The van der Waals surface area contributed by atoms with Crippen molar-refractivity contribution in [2.24, 2.45) is 0 Å². The van der Waals surface area contributed by atoms with Gasteiger partial charge in [0.2, 0.25) is 10.0 Å². The molecule has 0 atom stereocenters. The summed E-state index contributed by atoms with van der Waals surface area (Å²) < 4.78 is 27.4. The van der Waals surface area contributed by atoms with Gasteiger partial charge in [0.05, 0.1) is 5.69 Å². The fourth-order valence-corrected chi connectivity index (χ4v) is 3.64. The molecule has 2 N–H and O–H groups in total. The molecule has 1 aromatic rings. The largest absolute Gasteiger partial charge is 0.387 e. The molecule has 1 aromatic carbocycles. The van der Waals surface area contributed by atoms with Crippen LogP contribution in [-0.2, 0) is 10.0 Å². The van der Waals surface area contributed by atoms with Gasteiger partial charge in [-0.3, -0.25) is 4.90 Å². The minimum Gasteiger partial charge on any atom is -0.387 e. The molecule has 0 saturated heterocycles. The lowest BCUT2D eigenvalue weighted by molar-refractivity contribution is 0.179. The first kappa shape index (κ1) is 17.9. The molecule has 0 fully saturated rings. The Balaban J connectivity index is 2.74. The summed E-state index contributed by atoms with van der Waals surface area (Å²) in [6, 6.07) is 7.67. The van der Waals surface area contributed by atoms with Crippen LogP contribution in [0.25, 0.3) is 0 Å². The number of sulfonamides is 1. The van der Waals surface area contributed by atoms with Crippen LogP contribution >= 0.6 is 0 Å². The third kappa shape index (κ3) is 4.98. The highest BCUT2D eigenvalue weighted by Crippen LogP contribution is 2.19. The summed E-state index contributed by atoms with van der Waals surface area (Å²) in [5.41, 5.74) is 0.606. The number of hydrogen-bond donors (Lipinski definition) is 2. The molecule has 0 bridgehead atoms. The van der Waals surface area contributed by atoms with Crippen LogP contribution in [0.15, 0.2) is 29.2 Å². The fourth-order valence-electron chi connectivity index (χ4n) is 2.41. The van der Waals surface area contributed by atoms with Crippen molar-refractivity contribution in [2.45, 2.75) is 44.7 Å². The summed E-state index contributed by atoms with van der Waals surface area (Å²) in [7, 11) is -1.77. The van der Waals surface area contributed by atoms with Crippen LogP contribution in [0.3, 0.4) is 0 Å². The first-order valence-electron chi connectivity index (χ1n) is 7.31. The molecular formula is C15H27N3O2S. The number of rotatable bonds is 8. The zero-order chi connectivity index (χ0) is 16.0. The van der Waals surface area contributed by atoms with Gasteiger partial charge in [-0.2, -0.15) is 0 Å². The lowest BCUT2D eigenvalue weighted by Crippen LogP contribution is -2.42. The van der Waals surface area contributed by atoms with Gasteiger partial charge in [0.15, 0.2) is 0 Å². The van der Waals surface area contributed by atoms with Crippen molar-refractivity contribution in [3.63, 3.8) is 0 Å². The quantitative estimate of drug-likeness (QED) is 0.772. The van der Waals surface area contributed by atoms with Crippen LogP contribution in [0.5, 0.6) is 0 Å². The Labute approximate surface area is 128 Å². The Kier molecular flexibility index (Phi) is 6.64. The van der Waals surface area contributed by atoms with Crippen LogP contribution in [0.1, 0.15) is 27.7 Å². The van der Waals surface area contributed by atoms with Crippen molar-refractivity contribution in [1.82, 2.24) is 9.62 Å². The Morgan fingerprint density at radius 1 is 1.10 bits per heavy atom. The highest BCUT2D eigenvalue weighted by atomic mass is 32.2. The number of anilines is 1. The Morgan fingerprint density at radius 2 is 1.67 bits per heavy atom. The lowest BCUT2D eigenvalue weighted by atomic mass is 10.2. The van der Waals surface area contributed by atoms with Crippen molar-refractivity contribution in [1.29, 1.82) is 0 Å². The third-order valence-electron chi connectivity index (χ3n) is 3.43. The molecule has 120 valence electrons. The normalized spacial score (nSPS) is 12.4. The summed E-state index contributed by atoms with van der Waals surface area (Å²) in [5, 5.41) is 2.91. The van der Waals surface area contributed by atoms with Gasteiger partial charge in [-0.1, -0.05) is 12.1 Å². The second-order valence-electron chi connectivity index (χ2n) is 5.57. The summed E-state index contributed by atoms with van der Waals surface area (Å²) in [6.07, 6.45) is 0. The highest BCUT2D eigenvalue weighted by Gasteiger charge is 2.19. The van der Waals surface area contributed by atoms with Crippen LogP contribution in [0, 0.1) is 0 Å². The van der Waals surface area contributed by atoms with E-state index in [1.54, 1.807) is 25.2 Å². The molecule has 6 heteroatoms. The molecule has 0 amide bonds. The molecule has 1 rings (SSSR count). The van der Waals surface area contributed by atoms with Crippen molar-refractivity contribution < 1.29 is 8.42 Å². The molecule has 0 aromatic heterocycles. The predicted molar refractivity (Wildman–Crippen MR) is 88.2 cm³/mol. The maximum atomic E-state index is 12.4. The van der Waals surface area contributed by atoms with E-state index in [9.17, 15) is 8.42 Å². The van der Waals surface area contributed by atoms with Gasteiger partial charge in [-0.15, -0.1) is 0 Å². The number of para-hydroxylation sites is 1. The minimum atomic E-state index is -3.49. The molecule has 0 heterocycles. The van der Waals surface area contributed by atoms with E-state index in [0.717, 1.165) is 0 Å². The molecular weight excluding hydrogens is 286 g/mol. The van der Waals surface area contributed by atoms with Gasteiger partial charge >= 0.3 is 0 Å². The molecule has 21 heavy (non-hydrogen) atoms. The standard InChI is InChI=1S/C15H27N3O2S/c1-12(2)18(13(3)4)11-10-17-21(19,20)15-9-7-6-8-14(15)16-5/h6-9,12-13,16-17H,10-11H2,1-5H3. The van der Waals surface area contributed by atoms with E-state index < -0.39 is 10.0 Å². The molecule has 0 aliphatic rings. The van der Waals surface area contributed by atoms with Crippen molar-refractivity contribution in [2.75, 3.05) is 25.5 Å². The zero-order valence-corrected chi connectivity index (χ0v) is 14.4. The van der Waals surface area contributed by atoms with Gasteiger partial charge in [0, 0.05) is 32.2 Å². The van der Waals surface area contributed by atoms with E-state index in [1.165, 1.54) is 0 Å². The summed E-state index contributed by atoms with van der Waals surface area (Å²) in [4.78, 5) is 2.54. The van der Waals surface area contributed by atoms with E-state index in [0.29, 0.717) is 30.9 Å². The molecule has 5 nitrogen and oxygen atoms in total. The monoisotopic (exact) mass is 313 g/mol. The first-order valence-corrected chi connectivity index (χ1v) is 8.80. The Morgan fingerprint density at radius 3 is 2.19 bits per heavy atom. The molecule has 0 radical (unpaired) electrons. The van der Waals surface area contributed by atoms with Crippen molar-refractivity contribution in [3.05, 3.63) is 24.3 Å². The predicted octanol–water partition coefficient (Wildman–Crippen LogP) is 2.13. The lowest BCUT2D eigenvalue weighted by Gasteiger charge is -2.30. The first-order chi connectivity index (χ1) is 9.79. The summed E-state index contributed by atoms with van der Waals surface area (Å²) >= 11 is 0. The SMILES string of the molecule is CNc1ccccc1S(=O)(=O)NCCN(C(C)C)C(C)C. The average molecular weight is 313 g/mol. The minimum absolute atomic E-state index is 0.285. The van der Waals surface area contributed by atoms with Gasteiger partial charge in [0.25, 0.3) is 0 Å². The third-order valence-corrected chi connectivity index (χ3v) is 4.95. The maximum Gasteiger partial charge on any atom is 0.242 e. The topological polar surface area (TPSA) is 61.4 Å². The number of nitrogens with one attached hydrogen (secondary N) is 2. The van der Waals surface area contributed by atoms with Gasteiger partial charge in [-0.05, 0) is 39.8 Å². The molecule has 0 aliphatic carbocycles.